The summed E-state index contributed by atoms with van der Waals surface area (Å²) in [5, 5.41) is 1.18. The minimum Gasteiger partial charge on any atom is -0.456 e. The zero-order valence-electron chi connectivity index (χ0n) is 42.4. The Hall–Kier alpha value is -6.44. The Balaban J connectivity index is 1.31. The van der Waals surface area contributed by atoms with Crippen LogP contribution < -0.4 is 0 Å². The standard InChI is InChI=1S/C48H30O/c1-2-12-33(13-3-1)46-39-15-6-8-17-41(39)47(42-18-9-7-16-40(42)46)34-24-22-32(23-25-34)38-19-10-20-44-48(38)43-28-27-37(30-45(43)49-44)36-26-21-31-11-4-5-14-35(31)29-36/h1-30H/i1D,2D,3D,6D,7D,8D,9D,12D,13D,15D,16D,17D,18D,22D,23D,24D,25D. The van der Waals surface area contributed by atoms with E-state index in [4.69, 9.17) is 16.8 Å². The van der Waals surface area contributed by atoms with Gasteiger partial charge in [-0.05, 0) is 101 Å². The fourth-order valence-corrected chi connectivity index (χ4v) is 6.65. The summed E-state index contributed by atoms with van der Waals surface area (Å²) in [5.41, 5.74) is 0.658. The van der Waals surface area contributed by atoms with Gasteiger partial charge in [-0.15, -0.1) is 0 Å². The van der Waals surface area contributed by atoms with Gasteiger partial charge in [0, 0.05) is 10.8 Å². The van der Waals surface area contributed by atoms with E-state index in [2.05, 4.69) is 6.07 Å². The Kier molecular flexibility index (Phi) is 3.54. The number of hydrogen-bond donors (Lipinski definition) is 0. The van der Waals surface area contributed by atoms with Crippen molar-refractivity contribution in [3.63, 3.8) is 0 Å². The van der Waals surface area contributed by atoms with E-state index in [0.717, 1.165) is 21.9 Å². The van der Waals surface area contributed by atoms with Crippen molar-refractivity contribution in [3.05, 3.63) is 182 Å². The molecule has 0 amide bonds. The van der Waals surface area contributed by atoms with E-state index in [9.17, 15) is 11.0 Å². The Labute approximate surface area is 308 Å². The monoisotopic (exact) mass is 639 g/mol. The second-order valence-electron chi connectivity index (χ2n) is 11.6. The second kappa shape index (κ2) is 11.1. The third-order valence-electron chi connectivity index (χ3n) is 8.85. The highest BCUT2D eigenvalue weighted by Crippen LogP contribution is 2.44. The molecule has 0 fully saturated rings. The number of furan rings is 1. The third kappa shape index (κ3) is 4.47. The van der Waals surface area contributed by atoms with Gasteiger partial charge >= 0.3 is 0 Å². The Morgan fingerprint density at radius 1 is 0.367 bits per heavy atom. The molecule has 0 radical (unpaired) electrons. The van der Waals surface area contributed by atoms with E-state index in [1.165, 1.54) is 0 Å². The average molecular weight is 640 g/mol. The fourth-order valence-electron chi connectivity index (χ4n) is 6.65. The Morgan fingerprint density at radius 2 is 0.939 bits per heavy atom. The van der Waals surface area contributed by atoms with Gasteiger partial charge in [0.15, 0.2) is 0 Å². The molecule has 0 aliphatic heterocycles. The van der Waals surface area contributed by atoms with Gasteiger partial charge in [-0.25, -0.2) is 0 Å². The number of rotatable bonds is 4. The molecule has 0 aliphatic rings. The predicted octanol–water partition coefficient (Wildman–Crippen LogP) is 13.7. The van der Waals surface area contributed by atoms with Crippen LogP contribution in [-0.2, 0) is 0 Å². The molecule has 1 nitrogen and oxygen atoms in total. The van der Waals surface area contributed by atoms with Gasteiger partial charge in [-0.2, -0.15) is 0 Å². The van der Waals surface area contributed by atoms with Crippen molar-refractivity contribution >= 4 is 54.3 Å². The van der Waals surface area contributed by atoms with E-state index >= 15 is 0 Å². The molecule has 0 bridgehead atoms. The summed E-state index contributed by atoms with van der Waals surface area (Å²) in [4.78, 5) is 0. The fraction of sp³-hybridized carbons (Fsp3) is 0. The highest BCUT2D eigenvalue weighted by molar-refractivity contribution is 6.21. The molecule has 0 atom stereocenters. The number of hydrogen-bond acceptors (Lipinski definition) is 1. The van der Waals surface area contributed by atoms with Gasteiger partial charge in [-0.1, -0.05) is 157 Å². The average Bonchev–Trinajstić information content (AvgIpc) is 3.70. The van der Waals surface area contributed by atoms with Crippen LogP contribution in [-0.4, -0.2) is 0 Å². The summed E-state index contributed by atoms with van der Waals surface area (Å²) < 4.78 is 159. The maximum atomic E-state index is 9.60. The van der Waals surface area contributed by atoms with Crippen LogP contribution in [0.25, 0.3) is 98.8 Å². The van der Waals surface area contributed by atoms with Gasteiger partial charge in [0.1, 0.15) is 11.2 Å². The van der Waals surface area contributed by atoms with E-state index < -0.39 is 147 Å². The van der Waals surface area contributed by atoms with Crippen molar-refractivity contribution in [2.75, 3.05) is 0 Å². The Bertz CT molecular complexity index is 3720. The molecule has 49 heavy (non-hydrogen) atoms. The first-order valence-electron chi connectivity index (χ1n) is 24.0. The molecule has 0 aliphatic carbocycles. The van der Waals surface area contributed by atoms with Gasteiger partial charge < -0.3 is 4.42 Å². The van der Waals surface area contributed by atoms with Crippen LogP contribution in [0.4, 0.5) is 0 Å². The predicted molar refractivity (Wildman–Crippen MR) is 208 cm³/mol. The van der Waals surface area contributed by atoms with E-state index in [1.54, 1.807) is 18.2 Å². The highest BCUT2D eigenvalue weighted by atomic mass is 16.3. The first-order valence-corrected chi connectivity index (χ1v) is 15.5. The van der Waals surface area contributed by atoms with Crippen LogP contribution in [0.1, 0.15) is 23.3 Å². The second-order valence-corrected chi connectivity index (χ2v) is 11.6. The van der Waals surface area contributed by atoms with Gasteiger partial charge in [0.2, 0.25) is 0 Å². The largest absolute Gasteiger partial charge is 0.456 e. The molecule has 10 rings (SSSR count). The summed E-state index contributed by atoms with van der Waals surface area (Å²) >= 11 is 0. The molecule has 0 saturated carbocycles. The molecule has 10 aromatic rings. The third-order valence-corrected chi connectivity index (χ3v) is 8.85. The van der Waals surface area contributed by atoms with Crippen molar-refractivity contribution in [2.24, 2.45) is 0 Å². The molecular formula is C48H30O. The first kappa shape index (κ1) is 15.6. The van der Waals surface area contributed by atoms with Crippen molar-refractivity contribution < 1.29 is 27.7 Å². The van der Waals surface area contributed by atoms with Crippen LogP contribution in [0.15, 0.2) is 186 Å². The van der Waals surface area contributed by atoms with E-state index in [1.807, 2.05) is 54.6 Å². The van der Waals surface area contributed by atoms with Crippen molar-refractivity contribution in [2.45, 2.75) is 0 Å². The molecule has 0 unspecified atom stereocenters. The van der Waals surface area contributed by atoms with Crippen LogP contribution >= 0.6 is 0 Å². The van der Waals surface area contributed by atoms with Crippen molar-refractivity contribution in [1.29, 1.82) is 0 Å². The molecule has 228 valence electrons. The minimum atomic E-state index is -0.827. The molecule has 0 spiro atoms. The van der Waals surface area contributed by atoms with E-state index in [-0.39, 0.29) is 11.1 Å². The summed E-state index contributed by atoms with van der Waals surface area (Å²) in [7, 11) is 0. The minimum absolute atomic E-state index is 0.145. The lowest BCUT2D eigenvalue weighted by atomic mass is 9.85. The Morgan fingerprint density at radius 3 is 1.63 bits per heavy atom. The maximum Gasteiger partial charge on any atom is 0.136 e. The van der Waals surface area contributed by atoms with Gasteiger partial charge in [-0.3, -0.25) is 0 Å². The lowest BCUT2D eigenvalue weighted by Gasteiger charge is -2.18. The molecule has 9 aromatic carbocycles. The van der Waals surface area contributed by atoms with Crippen LogP contribution in [0.2, 0.25) is 0 Å². The first-order chi connectivity index (χ1) is 31.4. The lowest BCUT2D eigenvalue weighted by Crippen LogP contribution is -1.90. The molecule has 1 aromatic heterocycles. The van der Waals surface area contributed by atoms with Crippen molar-refractivity contribution in [1.82, 2.24) is 0 Å². The summed E-state index contributed by atoms with van der Waals surface area (Å²) in [6.45, 7) is 0. The zero-order chi connectivity index (χ0) is 47.1. The normalized spacial score (nSPS) is 16.5. The maximum absolute atomic E-state index is 9.60. The smallest absolute Gasteiger partial charge is 0.136 e. The van der Waals surface area contributed by atoms with Gasteiger partial charge in [0.25, 0.3) is 0 Å². The highest BCUT2D eigenvalue weighted by Gasteiger charge is 2.18. The molecule has 1 heteroatoms. The van der Waals surface area contributed by atoms with Crippen LogP contribution in [0, 0.1) is 0 Å². The number of benzene rings is 9. The quantitative estimate of drug-likeness (QED) is 0.175. The van der Waals surface area contributed by atoms with Gasteiger partial charge in [0.05, 0.1) is 23.3 Å². The van der Waals surface area contributed by atoms with Crippen LogP contribution in [0.5, 0.6) is 0 Å². The molecular weight excluding hydrogens is 593 g/mol. The molecule has 0 saturated heterocycles. The topological polar surface area (TPSA) is 13.1 Å². The summed E-state index contributed by atoms with van der Waals surface area (Å²) in [5.74, 6) is 0. The van der Waals surface area contributed by atoms with E-state index in [0.29, 0.717) is 21.9 Å². The zero-order valence-corrected chi connectivity index (χ0v) is 25.4. The summed E-state index contributed by atoms with van der Waals surface area (Å²) in [6, 6.07) is 11.6. The van der Waals surface area contributed by atoms with Crippen LogP contribution in [0.3, 0.4) is 0 Å². The SMILES string of the molecule is [2H]c1c([2H])c([2H])c(-c2c3c([2H])c([2H])c([2H])c([2H])c3c(-c3c([2H])c([2H])c(-c4cccc5oc6cc(-c7ccc8ccccc8c7)ccc6c45)c([2H])c3[2H])c3c([2H])c([2H])c([2H])c([2H])c23)c([2H])c1[2H]. The molecule has 1 heterocycles. The number of fused-ring (bicyclic) bond motifs is 6. The molecule has 0 N–H and O–H groups in total. The lowest BCUT2D eigenvalue weighted by molar-refractivity contribution is 0.669. The van der Waals surface area contributed by atoms with Crippen molar-refractivity contribution in [3.8, 4) is 44.5 Å². The summed E-state index contributed by atoms with van der Waals surface area (Å²) in [6.07, 6.45) is 0.